The monoisotopic (exact) mass is 289 g/mol. The average Bonchev–Trinajstić information content (AvgIpc) is 3.06. The molecular weight excluding hydrogens is 270 g/mol. The second kappa shape index (κ2) is 5.54. The molecule has 106 valence electrons. The summed E-state index contributed by atoms with van der Waals surface area (Å²) in [5.41, 5.74) is 0.979. The molecule has 0 aliphatic heterocycles. The summed E-state index contributed by atoms with van der Waals surface area (Å²) in [4.78, 5) is 14.3. The molecule has 1 aliphatic rings. The zero-order valence-electron chi connectivity index (χ0n) is 11.6. The number of carbonyl (C=O) groups is 1. The van der Waals surface area contributed by atoms with Crippen molar-refractivity contribution in [2.75, 3.05) is 7.05 Å². The Bertz CT molecular complexity index is 628. The Kier molecular flexibility index (Phi) is 3.76. The first-order valence-electron chi connectivity index (χ1n) is 7.11. The molecule has 3 nitrogen and oxygen atoms in total. The fourth-order valence-corrected chi connectivity index (χ4v) is 4.20. The number of thiophene rings is 1. The van der Waals surface area contributed by atoms with E-state index in [0.29, 0.717) is 10.9 Å². The summed E-state index contributed by atoms with van der Waals surface area (Å²) >= 11 is 1.39. The molecule has 1 aliphatic carbocycles. The molecule has 1 heterocycles. The molecule has 1 saturated carbocycles. The van der Waals surface area contributed by atoms with Gasteiger partial charge < -0.3 is 5.11 Å². The normalized spacial score (nSPS) is 16.3. The van der Waals surface area contributed by atoms with E-state index >= 15 is 0 Å². The Morgan fingerprint density at radius 3 is 2.75 bits per heavy atom. The third kappa shape index (κ3) is 2.45. The van der Waals surface area contributed by atoms with Gasteiger partial charge in [-0.25, -0.2) is 4.79 Å². The number of rotatable bonds is 4. The molecule has 0 bridgehead atoms. The minimum absolute atomic E-state index is 0.496. The van der Waals surface area contributed by atoms with Crippen LogP contribution in [0.5, 0.6) is 0 Å². The lowest BCUT2D eigenvalue weighted by Crippen LogP contribution is -2.29. The second-order valence-corrected chi connectivity index (χ2v) is 6.62. The lowest BCUT2D eigenvalue weighted by Gasteiger charge is -2.24. The van der Waals surface area contributed by atoms with Gasteiger partial charge in [0.15, 0.2) is 0 Å². The SMILES string of the molecule is CN(Cc1c(C(=O)O)sc2ccccc12)C1CCCC1. The largest absolute Gasteiger partial charge is 0.477 e. The van der Waals surface area contributed by atoms with Gasteiger partial charge in [0.2, 0.25) is 0 Å². The van der Waals surface area contributed by atoms with Gasteiger partial charge in [-0.05, 0) is 36.9 Å². The van der Waals surface area contributed by atoms with E-state index < -0.39 is 5.97 Å². The molecule has 0 saturated heterocycles. The fraction of sp³-hybridized carbons (Fsp3) is 0.438. The molecule has 0 radical (unpaired) electrons. The van der Waals surface area contributed by atoms with Crippen LogP contribution < -0.4 is 0 Å². The van der Waals surface area contributed by atoms with Gasteiger partial charge in [-0.2, -0.15) is 0 Å². The summed E-state index contributed by atoms with van der Waals surface area (Å²) in [6.45, 7) is 0.732. The van der Waals surface area contributed by atoms with Crippen molar-refractivity contribution in [1.29, 1.82) is 0 Å². The van der Waals surface area contributed by atoms with Crippen LogP contribution in [0.3, 0.4) is 0 Å². The van der Waals surface area contributed by atoms with Crippen molar-refractivity contribution >= 4 is 27.4 Å². The Morgan fingerprint density at radius 2 is 2.05 bits per heavy atom. The Morgan fingerprint density at radius 1 is 1.35 bits per heavy atom. The van der Waals surface area contributed by atoms with Crippen LogP contribution in [0.2, 0.25) is 0 Å². The van der Waals surface area contributed by atoms with Crippen LogP contribution in [0.1, 0.15) is 40.9 Å². The highest BCUT2D eigenvalue weighted by Gasteiger charge is 2.23. The molecule has 4 heteroatoms. The predicted octanol–water partition coefficient (Wildman–Crippen LogP) is 3.97. The first-order chi connectivity index (χ1) is 9.66. The summed E-state index contributed by atoms with van der Waals surface area (Å²) in [6, 6.07) is 8.60. The minimum Gasteiger partial charge on any atom is -0.477 e. The van der Waals surface area contributed by atoms with Crippen molar-refractivity contribution in [2.45, 2.75) is 38.3 Å². The van der Waals surface area contributed by atoms with Crippen molar-refractivity contribution in [1.82, 2.24) is 4.90 Å². The number of hydrogen-bond donors (Lipinski definition) is 1. The molecule has 1 aromatic carbocycles. The van der Waals surface area contributed by atoms with Gasteiger partial charge in [-0.15, -0.1) is 11.3 Å². The number of nitrogens with zero attached hydrogens (tertiary/aromatic N) is 1. The van der Waals surface area contributed by atoms with Crippen LogP contribution in [-0.4, -0.2) is 29.1 Å². The lowest BCUT2D eigenvalue weighted by atomic mass is 10.1. The summed E-state index contributed by atoms with van der Waals surface area (Å²) in [7, 11) is 2.12. The van der Waals surface area contributed by atoms with E-state index in [1.165, 1.54) is 37.0 Å². The maximum absolute atomic E-state index is 11.5. The summed E-state index contributed by atoms with van der Waals surface area (Å²) in [6.07, 6.45) is 5.07. The van der Waals surface area contributed by atoms with Gasteiger partial charge >= 0.3 is 5.97 Å². The first-order valence-corrected chi connectivity index (χ1v) is 7.92. The van der Waals surface area contributed by atoms with Crippen molar-refractivity contribution in [3.05, 3.63) is 34.7 Å². The Hall–Kier alpha value is -1.39. The van der Waals surface area contributed by atoms with Crippen molar-refractivity contribution in [3.63, 3.8) is 0 Å². The minimum atomic E-state index is -0.805. The molecule has 0 amide bonds. The molecule has 2 aromatic rings. The maximum atomic E-state index is 11.5. The highest BCUT2D eigenvalue weighted by atomic mass is 32.1. The zero-order valence-corrected chi connectivity index (χ0v) is 12.4. The number of carboxylic acid groups (broad SMARTS) is 1. The highest BCUT2D eigenvalue weighted by Crippen LogP contribution is 2.33. The van der Waals surface area contributed by atoms with Crippen LogP contribution in [0.15, 0.2) is 24.3 Å². The molecule has 0 unspecified atom stereocenters. The van der Waals surface area contributed by atoms with Gasteiger partial charge in [-0.1, -0.05) is 31.0 Å². The van der Waals surface area contributed by atoms with Crippen molar-refractivity contribution in [2.24, 2.45) is 0 Å². The number of hydrogen-bond acceptors (Lipinski definition) is 3. The highest BCUT2D eigenvalue weighted by molar-refractivity contribution is 7.21. The standard InChI is InChI=1S/C16H19NO2S/c1-17(11-6-2-3-7-11)10-13-12-8-4-5-9-14(12)20-15(13)16(18)19/h4-5,8-9,11H,2-3,6-7,10H2,1H3,(H,18,19). The van der Waals surface area contributed by atoms with Crippen LogP contribution in [-0.2, 0) is 6.54 Å². The van der Waals surface area contributed by atoms with Gasteiger partial charge in [-0.3, -0.25) is 4.90 Å². The average molecular weight is 289 g/mol. The van der Waals surface area contributed by atoms with Gasteiger partial charge in [0.05, 0.1) is 0 Å². The molecular formula is C16H19NO2S. The zero-order chi connectivity index (χ0) is 14.1. The van der Waals surface area contributed by atoms with E-state index in [1.807, 2.05) is 24.3 Å². The first kappa shape index (κ1) is 13.6. The maximum Gasteiger partial charge on any atom is 0.346 e. The van der Waals surface area contributed by atoms with E-state index in [0.717, 1.165) is 22.2 Å². The molecule has 1 N–H and O–H groups in total. The quantitative estimate of drug-likeness (QED) is 0.925. The van der Waals surface area contributed by atoms with E-state index in [-0.39, 0.29) is 0 Å². The van der Waals surface area contributed by atoms with Crippen molar-refractivity contribution < 1.29 is 9.90 Å². The molecule has 0 spiro atoms. The third-order valence-corrected chi connectivity index (χ3v) is 5.45. The second-order valence-electron chi connectivity index (χ2n) is 5.56. The van der Waals surface area contributed by atoms with E-state index in [9.17, 15) is 9.90 Å². The van der Waals surface area contributed by atoms with Gasteiger partial charge in [0.1, 0.15) is 4.88 Å². The van der Waals surface area contributed by atoms with Crippen LogP contribution >= 0.6 is 11.3 Å². The molecule has 1 aromatic heterocycles. The lowest BCUT2D eigenvalue weighted by molar-refractivity contribution is 0.0700. The van der Waals surface area contributed by atoms with Gasteiger partial charge in [0.25, 0.3) is 0 Å². The van der Waals surface area contributed by atoms with Crippen LogP contribution in [0.25, 0.3) is 10.1 Å². The smallest absolute Gasteiger partial charge is 0.346 e. The number of fused-ring (bicyclic) bond motifs is 1. The number of carboxylic acids is 1. The number of benzene rings is 1. The molecule has 1 fully saturated rings. The number of aromatic carboxylic acids is 1. The summed E-state index contributed by atoms with van der Waals surface area (Å²) in [5.74, 6) is -0.805. The van der Waals surface area contributed by atoms with Crippen LogP contribution in [0, 0.1) is 0 Å². The molecule has 0 atom stereocenters. The van der Waals surface area contributed by atoms with Gasteiger partial charge in [0, 0.05) is 17.3 Å². The van der Waals surface area contributed by atoms with E-state index in [2.05, 4.69) is 11.9 Å². The Labute approximate surface area is 122 Å². The summed E-state index contributed by atoms with van der Waals surface area (Å²) < 4.78 is 1.07. The fourth-order valence-electron chi connectivity index (χ4n) is 3.15. The van der Waals surface area contributed by atoms with Crippen LogP contribution in [0.4, 0.5) is 0 Å². The third-order valence-electron chi connectivity index (χ3n) is 4.25. The van der Waals surface area contributed by atoms with E-state index in [1.54, 1.807) is 0 Å². The summed E-state index contributed by atoms with van der Waals surface area (Å²) in [5, 5.41) is 10.5. The Balaban J connectivity index is 1.96. The molecule has 3 rings (SSSR count). The predicted molar refractivity (Wildman–Crippen MR) is 82.5 cm³/mol. The topological polar surface area (TPSA) is 40.5 Å². The molecule has 20 heavy (non-hydrogen) atoms. The van der Waals surface area contributed by atoms with E-state index in [4.69, 9.17) is 0 Å². The van der Waals surface area contributed by atoms with Crippen molar-refractivity contribution in [3.8, 4) is 0 Å².